The average Bonchev–Trinajstić information content (AvgIpc) is 2.09. The lowest BCUT2D eigenvalue weighted by molar-refractivity contribution is 0.0522. The third-order valence-corrected chi connectivity index (χ3v) is 1.62. The van der Waals surface area contributed by atoms with Crippen LogP contribution in [0.15, 0.2) is 11.6 Å². The SMILES string of the molecule is CCOCCOCCCC=C(C)C. The van der Waals surface area contributed by atoms with Gasteiger partial charge in [0.1, 0.15) is 0 Å². The first kappa shape index (κ1) is 12.7. The molecule has 0 rings (SSSR count). The van der Waals surface area contributed by atoms with Crippen molar-refractivity contribution in [3.63, 3.8) is 0 Å². The number of hydrogen-bond acceptors (Lipinski definition) is 2. The molecule has 0 heterocycles. The Hall–Kier alpha value is -0.340. The van der Waals surface area contributed by atoms with Crippen molar-refractivity contribution in [2.24, 2.45) is 0 Å². The van der Waals surface area contributed by atoms with Crippen LogP contribution in [-0.4, -0.2) is 26.4 Å². The summed E-state index contributed by atoms with van der Waals surface area (Å²) in [7, 11) is 0. The number of rotatable bonds is 8. The van der Waals surface area contributed by atoms with E-state index in [9.17, 15) is 0 Å². The molecule has 0 bridgehead atoms. The van der Waals surface area contributed by atoms with Crippen molar-refractivity contribution in [2.75, 3.05) is 26.4 Å². The molecule has 0 aromatic heterocycles. The summed E-state index contributed by atoms with van der Waals surface area (Å²) in [5.41, 5.74) is 1.38. The molecule has 0 amide bonds. The quantitative estimate of drug-likeness (QED) is 0.428. The Kier molecular flexibility index (Phi) is 9.49. The Morgan fingerprint density at radius 3 is 2.38 bits per heavy atom. The first-order valence-electron chi connectivity index (χ1n) is 5.06. The predicted octanol–water partition coefficient (Wildman–Crippen LogP) is 2.79. The molecule has 0 fully saturated rings. The minimum absolute atomic E-state index is 0.721. The van der Waals surface area contributed by atoms with Crippen LogP contribution in [0.4, 0.5) is 0 Å². The molecule has 0 aliphatic rings. The molecule has 0 spiro atoms. The van der Waals surface area contributed by atoms with Gasteiger partial charge < -0.3 is 9.47 Å². The minimum atomic E-state index is 0.721. The van der Waals surface area contributed by atoms with E-state index in [4.69, 9.17) is 9.47 Å². The second-order valence-corrected chi connectivity index (χ2v) is 3.23. The van der Waals surface area contributed by atoms with E-state index in [0.29, 0.717) is 0 Å². The van der Waals surface area contributed by atoms with E-state index in [0.717, 1.165) is 39.3 Å². The van der Waals surface area contributed by atoms with Crippen molar-refractivity contribution in [1.82, 2.24) is 0 Å². The zero-order valence-electron chi connectivity index (χ0n) is 9.14. The van der Waals surface area contributed by atoms with Gasteiger partial charge in [-0.05, 0) is 33.6 Å². The summed E-state index contributed by atoms with van der Waals surface area (Å²) in [5, 5.41) is 0. The second-order valence-electron chi connectivity index (χ2n) is 3.23. The van der Waals surface area contributed by atoms with Crippen molar-refractivity contribution >= 4 is 0 Å². The smallest absolute Gasteiger partial charge is 0.0700 e. The van der Waals surface area contributed by atoms with Gasteiger partial charge in [-0.1, -0.05) is 11.6 Å². The van der Waals surface area contributed by atoms with E-state index in [1.54, 1.807) is 0 Å². The highest BCUT2D eigenvalue weighted by Gasteiger charge is 1.88. The fourth-order valence-corrected chi connectivity index (χ4v) is 0.940. The molecule has 0 aromatic rings. The molecule has 0 aliphatic heterocycles. The van der Waals surface area contributed by atoms with Crippen LogP contribution in [0.5, 0.6) is 0 Å². The lowest BCUT2D eigenvalue weighted by Crippen LogP contribution is -2.04. The van der Waals surface area contributed by atoms with Gasteiger partial charge in [0.15, 0.2) is 0 Å². The first-order valence-corrected chi connectivity index (χ1v) is 5.06. The maximum absolute atomic E-state index is 5.36. The van der Waals surface area contributed by atoms with Gasteiger partial charge in [-0.25, -0.2) is 0 Å². The van der Waals surface area contributed by atoms with Gasteiger partial charge in [0.25, 0.3) is 0 Å². The van der Waals surface area contributed by atoms with Crippen molar-refractivity contribution < 1.29 is 9.47 Å². The minimum Gasteiger partial charge on any atom is -0.379 e. The molecule has 13 heavy (non-hydrogen) atoms. The molecule has 2 nitrogen and oxygen atoms in total. The molecular weight excluding hydrogens is 164 g/mol. The van der Waals surface area contributed by atoms with Gasteiger partial charge in [-0.15, -0.1) is 0 Å². The van der Waals surface area contributed by atoms with Crippen LogP contribution in [0.1, 0.15) is 33.6 Å². The Bertz CT molecular complexity index is 126. The fourth-order valence-electron chi connectivity index (χ4n) is 0.940. The zero-order chi connectivity index (χ0) is 9.94. The van der Waals surface area contributed by atoms with E-state index in [1.807, 2.05) is 6.92 Å². The van der Waals surface area contributed by atoms with Crippen molar-refractivity contribution in [2.45, 2.75) is 33.6 Å². The molecule has 0 saturated carbocycles. The van der Waals surface area contributed by atoms with Gasteiger partial charge in [0, 0.05) is 13.2 Å². The van der Waals surface area contributed by atoms with Gasteiger partial charge in [-0.2, -0.15) is 0 Å². The highest BCUT2D eigenvalue weighted by Crippen LogP contribution is 1.97. The lowest BCUT2D eigenvalue weighted by Gasteiger charge is -2.02. The number of unbranched alkanes of at least 4 members (excludes halogenated alkanes) is 1. The van der Waals surface area contributed by atoms with Crippen LogP contribution >= 0.6 is 0 Å². The molecule has 0 aliphatic carbocycles. The van der Waals surface area contributed by atoms with E-state index < -0.39 is 0 Å². The van der Waals surface area contributed by atoms with Crippen molar-refractivity contribution in [3.8, 4) is 0 Å². The van der Waals surface area contributed by atoms with E-state index >= 15 is 0 Å². The van der Waals surface area contributed by atoms with E-state index in [1.165, 1.54) is 5.57 Å². The van der Waals surface area contributed by atoms with E-state index in [-0.39, 0.29) is 0 Å². The summed E-state index contributed by atoms with van der Waals surface area (Å²) in [4.78, 5) is 0. The Morgan fingerprint density at radius 2 is 1.77 bits per heavy atom. The van der Waals surface area contributed by atoms with Gasteiger partial charge in [0.2, 0.25) is 0 Å². The summed E-state index contributed by atoms with van der Waals surface area (Å²) in [6, 6.07) is 0. The Labute approximate surface area is 81.9 Å². The summed E-state index contributed by atoms with van der Waals surface area (Å²) < 4.78 is 10.5. The molecular formula is C11H22O2. The van der Waals surface area contributed by atoms with Crippen molar-refractivity contribution in [1.29, 1.82) is 0 Å². The third kappa shape index (κ3) is 11.7. The highest BCUT2D eigenvalue weighted by atomic mass is 16.5. The van der Waals surface area contributed by atoms with Crippen LogP contribution in [0.25, 0.3) is 0 Å². The first-order chi connectivity index (χ1) is 6.27. The highest BCUT2D eigenvalue weighted by molar-refractivity contribution is 4.92. The normalized spacial score (nSPS) is 10.1. The van der Waals surface area contributed by atoms with Gasteiger partial charge >= 0.3 is 0 Å². The topological polar surface area (TPSA) is 18.5 Å². The second kappa shape index (κ2) is 9.75. The molecule has 0 N–H and O–H groups in total. The van der Waals surface area contributed by atoms with Crippen LogP contribution < -0.4 is 0 Å². The van der Waals surface area contributed by atoms with Crippen LogP contribution in [0.2, 0.25) is 0 Å². The monoisotopic (exact) mass is 186 g/mol. The molecule has 0 unspecified atom stereocenters. The lowest BCUT2D eigenvalue weighted by atomic mass is 10.2. The summed E-state index contributed by atoms with van der Waals surface area (Å²) in [6.07, 6.45) is 4.47. The molecule has 2 heteroatoms. The molecule has 0 aromatic carbocycles. The standard InChI is InChI=1S/C11H22O2/c1-4-12-9-10-13-8-6-5-7-11(2)3/h7H,4-6,8-10H2,1-3H3. The summed E-state index contributed by atoms with van der Waals surface area (Å²) >= 11 is 0. The Morgan fingerprint density at radius 1 is 1.08 bits per heavy atom. The largest absolute Gasteiger partial charge is 0.379 e. The van der Waals surface area contributed by atoms with Crippen LogP contribution in [0.3, 0.4) is 0 Å². The molecule has 0 atom stereocenters. The molecule has 78 valence electrons. The Balaban J connectivity index is 2.96. The third-order valence-electron chi connectivity index (χ3n) is 1.62. The maximum atomic E-state index is 5.36. The van der Waals surface area contributed by atoms with Crippen molar-refractivity contribution in [3.05, 3.63) is 11.6 Å². The number of hydrogen-bond donors (Lipinski definition) is 0. The van der Waals surface area contributed by atoms with Crippen LogP contribution in [0, 0.1) is 0 Å². The van der Waals surface area contributed by atoms with Gasteiger partial charge in [-0.3, -0.25) is 0 Å². The number of ether oxygens (including phenoxy) is 2. The summed E-state index contributed by atoms with van der Waals surface area (Å²) in [5.74, 6) is 0. The van der Waals surface area contributed by atoms with E-state index in [2.05, 4.69) is 19.9 Å². The summed E-state index contributed by atoms with van der Waals surface area (Å²) in [6.45, 7) is 9.31. The van der Waals surface area contributed by atoms with Crippen LogP contribution in [-0.2, 0) is 9.47 Å². The average molecular weight is 186 g/mol. The maximum Gasteiger partial charge on any atom is 0.0700 e. The van der Waals surface area contributed by atoms with Gasteiger partial charge in [0.05, 0.1) is 13.2 Å². The number of allylic oxidation sites excluding steroid dienone is 2. The zero-order valence-corrected chi connectivity index (χ0v) is 9.14. The predicted molar refractivity (Wildman–Crippen MR) is 56.0 cm³/mol. The molecule has 0 saturated heterocycles. The molecule has 0 radical (unpaired) electrons. The fraction of sp³-hybridized carbons (Fsp3) is 0.818.